The number of nitrogens with zero attached hydrogens (tertiary/aromatic N) is 1. The van der Waals surface area contributed by atoms with Crippen molar-refractivity contribution < 1.29 is 9.13 Å². The van der Waals surface area contributed by atoms with Gasteiger partial charge in [0, 0.05) is 30.6 Å². The molecule has 0 bridgehead atoms. The summed E-state index contributed by atoms with van der Waals surface area (Å²) >= 11 is 0. The van der Waals surface area contributed by atoms with Gasteiger partial charge >= 0.3 is 0 Å². The lowest BCUT2D eigenvalue weighted by atomic mass is 10.1. The van der Waals surface area contributed by atoms with Gasteiger partial charge in [-0.1, -0.05) is 6.07 Å². The maximum absolute atomic E-state index is 13.6. The fourth-order valence-electron chi connectivity index (χ4n) is 2.15. The highest BCUT2D eigenvalue weighted by Gasteiger charge is 2.17. The Hall–Kier alpha value is -1.52. The van der Waals surface area contributed by atoms with Gasteiger partial charge in [0.1, 0.15) is 5.82 Å². The number of nitrogens with one attached hydrogen (secondary N) is 1. The maximum atomic E-state index is 13.6. The third-order valence-electron chi connectivity index (χ3n) is 3.26. The predicted octanol–water partition coefficient (Wildman–Crippen LogP) is 2.11. The minimum atomic E-state index is -0.214. The van der Waals surface area contributed by atoms with Crippen molar-refractivity contribution in [3.8, 4) is 0 Å². The fraction of sp³-hybridized carbons (Fsp3) is 0.357. The zero-order valence-electron chi connectivity index (χ0n) is 10.0. The summed E-state index contributed by atoms with van der Waals surface area (Å²) in [7, 11) is 0. The molecule has 2 heterocycles. The van der Waals surface area contributed by atoms with Crippen molar-refractivity contribution in [3.05, 3.63) is 41.8 Å². The summed E-state index contributed by atoms with van der Waals surface area (Å²) in [5.74, 6) is 0.402. The van der Waals surface area contributed by atoms with Gasteiger partial charge in [0.2, 0.25) is 0 Å². The molecule has 1 saturated heterocycles. The number of hydrogen-bond acceptors (Lipinski definition) is 3. The van der Waals surface area contributed by atoms with E-state index in [9.17, 15) is 4.39 Å². The average molecular weight is 246 g/mol. The van der Waals surface area contributed by atoms with Crippen LogP contribution in [0.15, 0.2) is 30.5 Å². The Morgan fingerprint density at radius 2 is 2.22 bits per heavy atom. The highest BCUT2D eigenvalue weighted by Crippen LogP contribution is 2.19. The summed E-state index contributed by atoms with van der Waals surface area (Å²) in [5, 5.41) is 3.96. The van der Waals surface area contributed by atoms with Crippen LogP contribution >= 0.6 is 0 Å². The zero-order valence-corrected chi connectivity index (χ0v) is 10.0. The van der Waals surface area contributed by atoms with Gasteiger partial charge in [-0.05, 0) is 23.8 Å². The Morgan fingerprint density at radius 1 is 1.33 bits per heavy atom. The first kappa shape index (κ1) is 11.6. The molecule has 3 nitrogen and oxygen atoms in total. The number of hydrogen-bond donors (Lipinski definition) is 1. The first-order valence-corrected chi connectivity index (χ1v) is 6.15. The predicted molar refractivity (Wildman–Crippen MR) is 67.7 cm³/mol. The topological polar surface area (TPSA) is 34.1 Å². The number of rotatable bonds is 4. The third kappa shape index (κ3) is 2.21. The van der Waals surface area contributed by atoms with E-state index in [-0.39, 0.29) is 5.82 Å². The molecule has 0 atom stereocenters. The molecule has 0 unspecified atom stereocenters. The van der Waals surface area contributed by atoms with Crippen molar-refractivity contribution in [2.24, 2.45) is 5.92 Å². The second kappa shape index (κ2) is 5.00. The normalized spacial score (nSPS) is 15.8. The van der Waals surface area contributed by atoms with Crippen LogP contribution in [0, 0.1) is 11.7 Å². The second-order valence-corrected chi connectivity index (χ2v) is 4.64. The molecule has 3 rings (SSSR count). The molecule has 1 aliphatic heterocycles. The van der Waals surface area contributed by atoms with Crippen molar-refractivity contribution in [2.45, 2.75) is 6.54 Å². The van der Waals surface area contributed by atoms with Crippen molar-refractivity contribution in [1.29, 1.82) is 0 Å². The average Bonchev–Trinajstić information content (AvgIpc) is 2.35. The standard InChI is InChI=1S/C14H15FN2O/c15-13-4-3-11(7-16-6-10-8-18-9-10)14-12(13)2-1-5-17-14/h1-5,10,16H,6-9H2. The van der Waals surface area contributed by atoms with Crippen LogP contribution in [0.4, 0.5) is 4.39 Å². The van der Waals surface area contributed by atoms with Gasteiger partial charge in [-0.15, -0.1) is 0 Å². The zero-order chi connectivity index (χ0) is 12.4. The molecule has 1 aromatic carbocycles. The number of ether oxygens (including phenoxy) is 1. The summed E-state index contributed by atoms with van der Waals surface area (Å²) < 4.78 is 18.7. The third-order valence-corrected chi connectivity index (χ3v) is 3.26. The molecule has 2 aromatic rings. The van der Waals surface area contributed by atoms with Gasteiger partial charge in [-0.2, -0.15) is 0 Å². The summed E-state index contributed by atoms with van der Waals surface area (Å²) in [6, 6.07) is 6.83. The monoisotopic (exact) mass is 246 g/mol. The van der Waals surface area contributed by atoms with Crippen LogP contribution in [0.2, 0.25) is 0 Å². The molecule has 1 aliphatic rings. The lowest BCUT2D eigenvalue weighted by Crippen LogP contribution is -2.36. The van der Waals surface area contributed by atoms with E-state index in [1.807, 2.05) is 0 Å². The molecule has 18 heavy (non-hydrogen) atoms. The summed E-state index contributed by atoms with van der Waals surface area (Å²) in [6.45, 7) is 3.33. The number of pyridine rings is 1. The van der Waals surface area contributed by atoms with Gasteiger partial charge in [0.25, 0.3) is 0 Å². The first-order chi connectivity index (χ1) is 8.84. The molecule has 1 N–H and O–H groups in total. The number of fused-ring (bicyclic) bond motifs is 1. The van der Waals surface area contributed by atoms with Gasteiger partial charge in [-0.3, -0.25) is 4.98 Å². The van der Waals surface area contributed by atoms with Crippen molar-refractivity contribution in [2.75, 3.05) is 19.8 Å². The van der Waals surface area contributed by atoms with E-state index in [0.717, 1.165) is 30.8 Å². The van der Waals surface area contributed by atoms with Gasteiger partial charge in [0.15, 0.2) is 0 Å². The molecular weight excluding hydrogens is 231 g/mol. The number of halogens is 1. The highest BCUT2D eigenvalue weighted by molar-refractivity contribution is 5.82. The van der Waals surface area contributed by atoms with E-state index in [2.05, 4.69) is 10.3 Å². The van der Waals surface area contributed by atoms with E-state index in [4.69, 9.17) is 4.74 Å². The van der Waals surface area contributed by atoms with E-state index < -0.39 is 0 Å². The Kier molecular flexibility index (Phi) is 3.21. The lowest BCUT2D eigenvalue weighted by Gasteiger charge is -2.26. The van der Waals surface area contributed by atoms with Crippen LogP contribution in [0.25, 0.3) is 10.9 Å². The Balaban J connectivity index is 1.76. The molecule has 1 fully saturated rings. The molecule has 0 aliphatic carbocycles. The number of aromatic nitrogens is 1. The van der Waals surface area contributed by atoms with Crippen molar-refractivity contribution in [1.82, 2.24) is 10.3 Å². The Labute approximate surface area is 105 Å². The van der Waals surface area contributed by atoms with Crippen LogP contribution in [-0.2, 0) is 11.3 Å². The van der Waals surface area contributed by atoms with Crippen LogP contribution in [-0.4, -0.2) is 24.7 Å². The quantitative estimate of drug-likeness (QED) is 0.897. The minimum Gasteiger partial charge on any atom is -0.381 e. The van der Waals surface area contributed by atoms with E-state index >= 15 is 0 Å². The van der Waals surface area contributed by atoms with E-state index in [1.165, 1.54) is 6.07 Å². The largest absolute Gasteiger partial charge is 0.381 e. The van der Waals surface area contributed by atoms with Crippen LogP contribution in [0.1, 0.15) is 5.56 Å². The first-order valence-electron chi connectivity index (χ1n) is 6.15. The lowest BCUT2D eigenvalue weighted by molar-refractivity contribution is -0.0307. The highest BCUT2D eigenvalue weighted by atomic mass is 19.1. The molecule has 0 saturated carbocycles. The summed E-state index contributed by atoms with van der Waals surface area (Å²) in [5.41, 5.74) is 1.78. The van der Waals surface area contributed by atoms with Gasteiger partial charge < -0.3 is 10.1 Å². The smallest absolute Gasteiger partial charge is 0.132 e. The summed E-state index contributed by atoms with van der Waals surface area (Å²) in [4.78, 5) is 4.27. The minimum absolute atomic E-state index is 0.214. The second-order valence-electron chi connectivity index (χ2n) is 4.64. The molecule has 0 spiro atoms. The van der Waals surface area contributed by atoms with E-state index in [1.54, 1.807) is 24.4 Å². The van der Waals surface area contributed by atoms with Crippen LogP contribution < -0.4 is 5.32 Å². The number of benzene rings is 1. The molecular formula is C14H15FN2O. The molecule has 1 aromatic heterocycles. The van der Waals surface area contributed by atoms with Crippen LogP contribution in [0.5, 0.6) is 0 Å². The Bertz CT molecular complexity index is 554. The van der Waals surface area contributed by atoms with Gasteiger partial charge in [0.05, 0.1) is 18.7 Å². The van der Waals surface area contributed by atoms with Crippen molar-refractivity contribution >= 4 is 10.9 Å². The van der Waals surface area contributed by atoms with E-state index in [0.29, 0.717) is 17.8 Å². The molecule has 94 valence electrons. The fourth-order valence-corrected chi connectivity index (χ4v) is 2.15. The van der Waals surface area contributed by atoms with Crippen LogP contribution in [0.3, 0.4) is 0 Å². The Morgan fingerprint density at radius 3 is 3.00 bits per heavy atom. The maximum Gasteiger partial charge on any atom is 0.132 e. The van der Waals surface area contributed by atoms with Crippen molar-refractivity contribution in [3.63, 3.8) is 0 Å². The summed E-state index contributed by atoms with van der Waals surface area (Å²) in [6.07, 6.45) is 1.70. The molecule has 4 heteroatoms. The molecule has 0 radical (unpaired) electrons. The SMILES string of the molecule is Fc1ccc(CNCC2COC2)c2ncccc12. The molecule has 0 amide bonds. The van der Waals surface area contributed by atoms with Gasteiger partial charge in [-0.25, -0.2) is 4.39 Å².